The van der Waals surface area contributed by atoms with Crippen LogP contribution in [0.5, 0.6) is 0 Å². The van der Waals surface area contributed by atoms with Gasteiger partial charge in [-0.15, -0.1) is 0 Å². The maximum Gasteiger partial charge on any atom is 0.216 e. The van der Waals surface area contributed by atoms with Crippen molar-refractivity contribution in [2.75, 3.05) is 0 Å². The summed E-state index contributed by atoms with van der Waals surface area (Å²) < 4.78 is -1.81. The highest BCUT2D eigenvalue weighted by molar-refractivity contribution is 6.68. The molecule has 0 unspecified atom stereocenters. The number of benzene rings is 1. The average molecular weight is 282 g/mol. The molecule has 2 nitrogen and oxygen atoms in total. The summed E-state index contributed by atoms with van der Waals surface area (Å²) in [6.45, 7) is 0. The zero-order valence-corrected chi connectivity index (χ0v) is 10.6. The van der Waals surface area contributed by atoms with Gasteiger partial charge in [-0.2, -0.15) is 0 Å². The van der Waals surface area contributed by atoms with Crippen LogP contribution >= 0.6 is 34.8 Å². The number of halogens is 3. The molecule has 0 radical (unpaired) electrons. The van der Waals surface area contributed by atoms with E-state index in [9.17, 15) is 9.90 Å². The number of rotatable bonds is 4. The van der Waals surface area contributed by atoms with Gasteiger partial charge in [0.25, 0.3) is 0 Å². The van der Waals surface area contributed by atoms with E-state index in [1.165, 1.54) is 0 Å². The third-order valence-electron chi connectivity index (χ3n) is 2.04. The Morgan fingerprint density at radius 1 is 1.25 bits per heavy atom. The largest absolute Gasteiger partial charge is 0.388 e. The van der Waals surface area contributed by atoms with Gasteiger partial charge in [0.2, 0.25) is 3.79 Å². The van der Waals surface area contributed by atoms with Crippen molar-refractivity contribution in [3.8, 4) is 0 Å². The van der Waals surface area contributed by atoms with Crippen LogP contribution < -0.4 is 0 Å². The van der Waals surface area contributed by atoms with Crippen molar-refractivity contribution < 1.29 is 9.90 Å². The number of carbonyl (C=O) groups excluding carboxylic acids is 1. The molecule has 16 heavy (non-hydrogen) atoms. The molecule has 1 aromatic rings. The summed E-state index contributed by atoms with van der Waals surface area (Å²) in [6, 6.07) is 9.21. The molecule has 5 heteroatoms. The van der Waals surface area contributed by atoms with Crippen LogP contribution in [0.15, 0.2) is 30.3 Å². The summed E-state index contributed by atoms with van der Waals surface area (Å²) >= 11 is 16.4. The molecule has 1 aromatic carbocycles. The summed E-state index contributed by atoms with van der Waals surface area (Å²) in [5.74, 6) is -0.162. The van der Waals surface area contributed by atoms with E-state index in [2.05, 4.69) is 0 Å². The van der Waals surface area contributed by atoms with Crippen LogP contribution in [0.4, 0.5) is 0 Å². The third-order valence-corrected chi connectivity index (χ3v) is 2.80. The van der Waals surface area contributed by atoms with Crippen molar-refractivity contribution in [3.05, 3.63) is 35.9 Å². The highest BCUT2D eigenvalue weighted by atomic mass is 35.6. The highest BCUT2D eigenvalue weighted by Gasteiger charge is 2.32. The van der Waals surface area contributed by atoms with Crippen molar-refractivity contribution in [3.63, 3.8) is 0 Å². The molecule has 0 aromatic heterocycles. The van der Waals surface area contributed by atoms with Crippen molar-refractivity contribution >= 4 is 40.6 Å². The molecule has 0 saturated heterocycles. The minimum atomic E-state index is -1.81. The van der Waals surface area contributed by atoms with E-state index < -0.39 is 9.90 Å². The van der Waals surface area contributed by atoms with E-state index in [1.807, 2.05) is 30.3 Å². The number of hydrogen-bond acceptors (Lipinski definition) is 2. The van der Waals surface area contributed by atoms with Gasteiger partial charge >= 0.3 is 0 Å². The highest BCUT2D eigenvalue weighted by Crippen LogP contribution is 2.32. The molecule has 1 rings (SSSR count). The zero-order valence-electron chi connectivity index (χ0n) is 8.37. The first kappa shape index (κ1) is 13.8. The van der Waals surface area contributed by atoms with Gasteiger partial charge in [0.15, 0.2) is 0 Å². The van der Waals surface area contributed by atoms with Gasteiger partial charge in [-0.25, -0.2) is 0 Å². The van der Waals surface area contributed by atoms with Gasteiger partial charge in [0.05, 0.1) is 0 Å². The first-order valence-electron chi connectivity index (χ1n) is 4.70. The summed E-state index contributed by atoms with van der Waals surface area (Å²) in [7, 11) is 0. The monoisotopic (exact) mass is 280 g/mol. The minimum absolute atomic E-state index is 0.161. The molecule has 0 spiro atoms. The number of Topliss-reactive ketones (excluding diaryl/α,β-unsaturated/α-hetero) is 1. The number of carbonyl (C=O) groups is 1. The van der Waals surface area contributed by atoms with Crippen molar-refractivity contribution in [2.45, 2.75) is 22.7 Å². The Morgan fingerprint density at radius 2 is 1.81 bits per heavy atom. The topological polar surface area (TPSA) is 37.3 Å². The van der Waals surface area contributed by atoms with Crippen LogP contribution in [0.2, 0.25) is 0 Å². The molecule has 0 saturated carbocycles. The smallest absolute Gasteiger partial charge is 0.216 e. The SMILES string of the molecule is O=C(Cc1ccccc1)C[C@@H](O)C(Cl)(Cl)Cl. The van der Waals surface area contributed by atoms with Gasteiger partial charge in [-0.1, -0.05) is 65.1 Å². The Hall–Kier alpha value is -0.280. The maximum atomic E-state index is 11.5. The van der Waals surface area contributed by atoms with Gasteiger partial charge in [0, 0.05) is 12.8 Å². The molecule has 0 amide bonds. The summed E-state index contributed by atoms with van der Waals surface area (Å²) in [5, 5.41) is 9.42. The van der Waals surface area contributed by atoms with Crippen LogP contribution in [0.3, 0.4) is 0 Å². The van der Waals surface area contributed by atoms with E-state index in [0.29, 0.717) is 0 Å². The van der Waals surface area contributed by atoms with E-state index in [4.69, 9.17) is 34.8 Å². The second-order valence-corrected chi connectivity index (χ2v) is 5.83. The van der Waals surface area contributed by atoms with Crippen LogP contribution in [0.1, 0.15) is 12.0 Å². The Labute approximate surface area is 109 Å². The zero-order chi connectivity index (χ0) is 12.2. The molecular weight excluding hydrogens is 270 g/mol. The standard InChI is InChI=1S/C11H11Cl3O2/c12-11(13,14)10(16)7-9(15)6-8-4-2-1-3-5-8/h1-5,10,16H,6-7H2/t10-/m1/s1. The average Bonchev–Trinajstić information content (AvgIpc) is 2.17. The molecular formula is C11H11Cl3O2. The second-order valence-electron chi connectivity index (χ2n) is 3.46. The number of alkyl halides is 3. The van der Waals surface area contributed by atoms with Gasteiger partial charge < -0.3 is 5.11 Å². The fourth-order valence-electron chi connectivity index (χ4n) is 1.23. The van der Waals surface area contributed by atoms with Crippen molar-refractivity contribution in [2.24, 2.45) is 0 Å². The minimum Gasteiger partial charge on any atom is -0.388 e. The van der Waals surface area contributed by atoms with Crippen molar-refractivity contribution in [1.29, 1.82) is 0 Å². The molecule has 0 bridgehead atoms. The van der Waals surface area contributed by atoms with Crippen LogP contribution in [0, 0.1) is 0 Å². The lowest BCUT2D eigenvalue weighted by molar-refractivity contribution is -0.120. The lowest BCUT2D eigenvalue weighted by Crippen LogP contribution is -2.28. The number of ketones is 1. The maximum absolute atomic E-state index is 11.5. The Kier molecular flexibility index (Phi) is 5.06. The van der Waals surface area contributed by atoms with E-state index in [0.717, 1.165) is 5.56 Å². The molecule has 0 heterocycles. The summed E-state index contributed by atoms with van der Waals surface area (Å²) in [6.07, 6.45) is -1.20. The predicted molar refractivity (Wildman–Crippen MR) is 66.1 cm³/mol. The van der Waals surface area contributed by atoms with Gasteiger partial charge in [0.1, 0.15) is 11.9 Å². The summed E-state index contributed by atoms with van der Waals surface area (Å²) in [5.41, 5.74) is 0.879. The number of aliphatic hydroxyl groups is 1. The second kappa shape index (κ2) is 5.87. The molecule has 0 aliphatic heterocycles. The third kappa shape index (κ3) is 4.71. The van der Waals surface area contributed by atoms with E-state index in [1.54, 1.807) is 0 Å². The fraction of sp³-hybridized carbons (Fsp3) is 0.364. The summed E-state index contributed by atoms with van der Waals surface area (Å²) in [4.78, 5) is 11.5. The first-order chi connectivity index (χ1) is 7.39. The lowest BCUT2D eigenvalue weighted by Gasteiger charge is -2.17. The van der Waals surface area contributed by atoms with Gasteiger partial charge in [-0.05, 0) is 5.56 Å². The molecule has 88 valence electrons. The Balaban J connectivity index is 2.49. The van der Waals surface area contributed by atoms with E-state index >= 15 is 0 Å². The van der Waals surface area contributed by atoms with E-state index in [-0.39, 0.29) is 18.6 Å². The lowest BCUT2D eigenvalue weighted by atomic mass is 10.1. The molecule has 1 atom stereocenters. The van der Waals surface area contributed by atoms with Gasteiger partial charge in [-0.3, -0.25) is 4.79 Å². The normalized spacial score (nSPS) is 13.5. The van der Waals surface area contributed by atoms with Crippen LogP contribution in [-0.2, 0) is 11.2 Å². The Morgan fingerprint density at radius 3 is 2.31 bits per heavy atom. The van der Waals surface area contributed by atoms with Crippen LogP contribution in [0.25, 0.3) is 0 Å². The first-order valence-corrected chi connectivity index (χ1v) is 5.83. The molecule has 0 fully saturated rings. The Bertz CT molecular complexity index is 346. The molecule has 0 aliphatic rings. The number of hydrogen-bond donors (Lipinski definition) is 1. The predicted octanol–water partition coefficient (Wildman–Crippen LogP) is 2.92. The molecule has 0 aliphatic carbocycles. The quantitative estimate of drug-likeness (QED) is 0.862. The van der Waals surface area contributed by atoms with Crippen molar-refractivity contribution in [1.82, 2.24) is 0 Å². The van der Waals surface area contributed by atoms with Crippen LogP contribution in [-0.4, -0.2) is 20.8 Å². The number of aliphatic hydroxyl groups excluding tert-OH is 1. The molecule has 1 N–H and O–H groups in total. The fourth-order valence-corrected chi connectivity index (χ4v) is 1.46.